The maximum atomic E-state index is 13.1. The fraction of sp³-hybridized carbons (Fsp3) is 0.478. The number of aromatic nitrogens is 1. The summed E-state index contributed by atoms with van der Waals surface area (Å²) < 4.78 is 0. The van der Waals surface area contributed by atoms with Gasteiger partial charge in [-0.25, -0.2) is 0 Å². The van der Waals surface area contributed by atoms with Gasteiger partial charge in [0, 0.05) is 29.6 Å². The van der Waals surface area contributed by atoms with Gasteiger partial charge in [-0.2, -0.15) is 0 Å². The summed E-state index contributed by atoms with van der Waals surface area (Å²) in [5, 5.41) is 14.0. The molecule has 0 aliphatic heterocycles. The Morgan fingerprint density at radius 1 is 1.16 bits per heavy atom. The summed E-state index contributed by atoms with van der Waals surface area (Å²) >= 11 is 7.05. The lowest BCUT2D eigenvalue weighted by Gasteiger charge is -2.25. The van der Waals surface area contributed by atoms with E-state index in [1.165, 1.54) is 17.7 Å². The third-order valence-electron chi connectivity index (χ3n) is 6.18. The van der Waals surface area contributed by atoms with Gasteiger partial charge in [-0.1, -0.05) is 0 Å². The highest BCUT2D eigenvalue weighted by atomic mass is 32.1. The first kappa shape index (κ1) is 21.3. The summed E-state index contributed by atoms with van der Waals surface area (Å²) in [6.07, 6.45) is 10.2. The lowest BCUT2D eigenvalue weighted by Crippen LogP contribution is -2.41. The van der Waals surface area contributed by atoms with Crippen LogP contribution in [-0.4, -0.2) is 34.5 Å². The van der Waals surface area contributed by atoms with Gasteiger partial charge in [-0.3, -0.25) is 14.6 Å². The Bertz CT molecular complexity index is 1030. The van der Waals surface area contributed by atoms with Crippen LogP contribution in [0, 0.1) is 11.8 Å². The van der Waals surface area contributed by atoms with Gasteiger partial charge in [0.15, 0.2) is 5.11 Å². The normalized spacial score (nSPS) is 19.6. The van der Waals surface area contributed by atoms with Crippen molar-refractivity contribution < 1.29 is 9.59 Å². The number of amides is 2. The van der Waals surface area contributed by atoms with E-state index in [9.17, 15) is 9.59 Å². The Morgan fingerprint density at radius 2 is 2.00 bits per heavy atom. The zero-order valence-electron chi connectivity index (χ0n) is 17.8. The number of nitrogens with zero attached hydrogens (tertiary/aromatic N) is 1. The molecule has 2 fully saturated rings. The predicted molar refractivity (Wildman–Crippen MR) is 130 cm³/mol. The molecule has 4 N–H and O–H groups in total. The van der Waals surface area contributed by atoms with Crippen molar-refractivity contribution in [2.24, 2.45) is 11.8 Å². The maximum absolute atomic E-state index is 13.1. The first-order valence-corrected chi connectivity index (χ1v) is 12.5. The largest absolute Gasteiger partial charge is 0.359 e. The van der Waals surface area contributed by atoms with Crippen LogP contribution in [-0.2, 0) is 17.6 Å². The predicted octanol–water partition coefficient (Wildman–Crippen LogP) is 3.48. The van der Waals surface area contributed by atoms with Crippen LogP contribution in [0.3, 0.4) is 0 Å². The number of thiocarbonyl (C=S) groups is 1. The molecule has 3 aliphatic carbocycles. The van der Waals surface area contributed by atoms with Gasteiger partial charge in [0.25, 0.3) is 5.91 Å². The van der Waals surface area contributed by atoms with Gasteiger partial charge in [0.2, 0.25) is 5.91 Å². The summed E-state index contributed by atoms with van der Waals surface area (Å²) in [6, 6.07) is 3.89. The van der Waals surface area contributed by atoms with E-state index in [-0.39, 0.29) is 23.8 Å². The molecule has 7 nitrogen and oxygen atoms in total. The molecule has 5 rings (SSSR count). The van der Waals surface area contributed by atoms with Crippen LogP contribution in [0.2, 0.25) is 0 Å². The van der Waals surface area contributed by atoms with E-state index in [1.807, 2.05) is 12.1 Å². The Balaban J connectivity index is 1.31. The molecule has 0 unspecified atom stereocenters. The minimum Gasteiger partial charge on any atom is -0.359 e. The van der Waals surface area contributed by atoms with E-state index in [4.69, 9.17) is 12.2 Å². The molecule has 3 aliphatic rings. The van der Waals surface area contributed by atoms with Crippen molar-refractivity contribution in [2.75, 3.05) is 17.2 Å². The first-order valence-electron chi connectivity index (χ1n) is 11.3. The number of carbonyl (C=O) groups is 2. The number of thiophene rings is 1. The number of hydrogen-bond donors (Lipinski definition) is 4. The monoisotopic (exact) mass is 469 g/mol. The van der Waals surface area contributed by atoms with Gasteiger partial charge in [0.1, 0.15) is 5.00 Å². The van der Waals surface area contributed by atoms with Crippen molar-refractivity contribution in [2.45, 2.75) is 51.0 Å². The second-order valence-corrected chi connectivity index (χ2v) is 10.4. The number of fused-ring (bicyclic) bond motifs is 1. The zero-order valence-corrected chi connectivity index (χ0v) is 19.4. The summed E-state index contributed by atoms with van der Waals surface area (Å²) in [5.41, 5.74) is 2.53. The highest BCUT2D eigenvalue weighted by molar-refractivity contribution is 7.80. The third-order valence-corrected chi connectivity index (χ3v) is 7.60. The van der Waals surface area contributed by atoms with E-state index in [0.29, 0.717) is 34.6 Å². The minimum atomic E-state index is -0.0720. The van der Waals surface area contributed by atoms with Gasteiger partial charge < -0.3 is 21.3 Å². The number of nitrogens with one attached hydrogen (secondary N) is 4. The second kappa shape index (κ2) is 9.15. The van der Waals surface area contributed by atoms with Crippen LogP contribution in [0.5, 0.6) is 0 Å². The summed E-state index contributed by atoms with van der Waals surface area (Å²) in [4.78, 5) is 30.9. The van der Waals surface area contributed by atoms with E-state index in [2.05, 4.69) is 26.3 Å². The quantitative estimate of drug-likeness (QED) is 0.464. The molecular formula is C23H27N5O2S2. The van der Waals surface area contributed by atoms with Crippen LogP contribution < -0.4 is 21.3 Å². The fourth-order valence-electron chi connectivity index (χ4n) is 4.03. The molecule has 168 valence electrons. The zero-order chi connectivity index (χ0) is 22.1. The van der Waals surface area contributed by atoms with Crippen LogP contribution in [0.4, 0.5) is 10.7 Å². The van der Waals surface area contributed by atoms with Crippen molar-refractivity contribution in [3.05, 3.63) is 40.5 Å². The van der Waals surface area contributed by atoms with E-state index < -0.39 is 0 Å². The Hall–Kier alpha value is -2.52. The van der Waals surface area contributed by atoms with Crippen molar-refractivity contribution >= 4 is 51.2 Å². The molecule has 9 heteroatoms. The van der Waals surface area contributed by atoms with Gasteiger partial charge in [-0.05, 0) is 80.8 Å². The number of pyridine rings is 1. The molecule has 0 spiro atoms. The summed E-state index contributed by atoms with van der Waals surface area (Å²) in [5.74, 6) is 0.665. The molecule has 0 radical (unpaired) electrons. The first-order chi connectivity index (χ1) is 15.6. The van der Waals surface area contributed by atoms with E-state index in [1.54, 1.807) is 23.7 Å². The minimum absolute atomic E-state index is 0.0383. The van der Waals surface area contributed by atoms with E-state index >= 15 is 0 Å². The molecule has 0 aromatic carbocycles. The average Bonchev–Trinajstić information content (AvgIpc) is 3.69. The fourth-order valence-corrected chi connectivity index (χ4v) is 5.56. The highest BCUT2D eigenvalue weighted by Crippen LogP contribution is 2.40. The topological polar surface area (TPSA) is 95.2 Å². The van der Waals surface area contributed by atoms with Crippen molar-refractivity contribution in [3.63, 3.8) is 0 Å². The molecule has 2 aromatic rings. The Labute approximate surface area is 196 Å². The molecule has 0 saturated heterocycles. The van der Waals surface area contributed by atoms with E-state index in [0.717, 1.165) is 36.9 Å². The van der Waals surface area contributed by atoms with Gasteiger partial charge in [0.05, 0.1) is 17.4 Å². The van der Waals surface area contributed by atoms with Gasteiger partial charge in [-0.15, -0.1) is 11.3 Å². The third kappa shape index (κ3) is 5.10. The van der Waals surface area contributed by atoms with Crippen molar-refractivity contribution in [3.8, 4) is 0 Å². The molecule has 2 heterocycles. The van der Waals surface area contributed by atoms with Crippen LogP contribution >= 0.6 is 23.6 Å². The van der Waals surface area contributed by atoms with Crippen molar-refractivity contribution in [1.82, 2.24) is 15.6 Å². The smallest absolute Gasteiger partial charge is 0.254 e. The molecule has 2 amide bonds. The lowest BCUT2D eigenvalue weighted by atomic mass is 9.91. The Morgan fingerprint density at radius 3 is 2.72 bits per heavy atom. The molecular weight excluding hydrogens is 442 g/mol. The molecule has 32 heavy (non-hydrogen) atoms. The second-order valence-electron chi connectivity index (χ2n) is 8.90. The number of carbonyl (C=O) groups excluding carboxylic acids is 2. The van der Waals surface area contributed by atoms with Crippen LogP contribution in [0.1, 0.15) is 52.9 Å². The number of rotatable bonds is 7. The average molecular weight is 470 g/mol. The van der Waals surface area contributed by atoms with Crippen molar-refractivity contribution in [1.29, 1.82) is 0 Å². The number of aryl methyl sites for hydroxylation is 1. The summed E-state index contributed by atoms with van der Waals surface area (Å²) in [7, 11) is 0. The number of hydrogen-bond acceptors (Lipinski definition) is 5. The standard InChI is InChI=1S/C23H27N5O2S2/c29-20(14-5-6-14)28-22-19(21(30)25-11-13-3-4-13)17-10-15(7-8-18(17)32-22)26-23(31)27-16-2-1-9-24-12-16/h1-2,9,12-15H,3-8,10-11H2,(H,25,30)(H,28,29)(H2,26,27,31)/t15-/m0/s1. The Kier molecular flexibility index (Phi) is 6.10. The highest BCUT2D eigenvalue weighted by Gasteiger charge is 2.34. The maximum Gasteiger partial charge on any atom is 0.254 e. The van der Waals surface area contributed by atoms with Crippen LogP contribution in [0.15, 0.2) is 24.5 Å². The molecule has 0 bridgehead atoms. The summed E-state index contributed by atoms with van der Waals surface area (Å²) in [6.45, 7) is 0.709. The SMILES string of the molecule is O=C(NCC1CC1)c1c(NC(=O)C2CC2)sc2c1C[C@@H](NC(=S)Nc1cccnc1)CC2. The molecule has 2 aromatic heterocycles. The molecule has 1 atom stereocenters. The lowest BCUT2D eigenvalue weighted by molar-refractivity contribution is -0.117. The van der Waals surface area contributed by atoms with Gasteiger partial charge >= 0.3 is 0 Å². The molecule has 2 saturated carbocycles. The number of anilines is 2. The van der Waals surface area contributed by atoms with Crippen LogP contribution in [0.25, 0.3) is 0 Å².